The fourth-order valence-electron chi connectivity index (χ4n) is 3.43. The molecule has 150 valence electrons. The molecule has 0 bridgehead atoms. The minimum absolute atomic E-state index is 0.0553. The summed E-state index contributed by atoms with van der Waals surface area (Å²) >= 11 is 0. The zero-order valence-electron chi connectivity index (χ0n) is 17.5. The molecule has 3 aromatic heterocycles. The molecule has 0 aliphatic heterocycles. The number of carbonyl (C=O) groups is 1. The third-order valence-corrected chi connectivity index (χ3v) is 4.91. The molecule has 29 heavy (non-hydrogen) atoms. The van der Waals surface area contributed by atoms with E-state index in [-0.39, 0.29) is 11.6 Å². The van der Waals surface area contributed by atoms with Crippen LogP contribution in [-0.2, 0) is 11.3 Å². The maximum Gasteiger partial charge on any atom is 0.266 e. The fourth-order valence-corrected chi connectivity index (χ4v) is 3.43. The molecule has 3 aromatic rings. The molecule has 0 spiro atoms. The monoisotopic (exact) mass is 390 g/mol. The average molecular weight is 390 g/mol. The number of hydrogen-bond acceptors (Lipinski definition) is 4. The van der Waals surface area contributed by atoms with E-state index in [0.29, 0.717) is 5.69 Å². The van der Waals surface area contributed by atoms with E-state index in [9.17, 15) is 10.1 Å². The Morgan fingerprint density at radius 1 is 1.31 bits per heavy atom. The van der Waals surface area contributed by atoms with Gasteiger partial charge in [0, 0.05) is 29.4 Å². The van der Waals surface area contributed by atoms with E-state index in [4.69, 9.17) is 0 Å². The minimum atomic E-state index is -0.454. The number of carbonyl (C=O) groups excluding carboxylic acids is 1. The summed E-state index contributed by atoms with van der Waals surface area (Å²) < 4.78 is 4.02. The molecule has 0 saturated heterocycles. The Kier molecular flexibility index (Phi) is 5.83. The zero-order valence-corrected chi connectivity index (χ0v) is 17.5. The lowest BCUT2D eigenvalue weighted by Crippen LogP contribution is -2.13. The van der Waals surface area contributed by atoms with Crippen LogP contribution < -0.4 is 5.32 Å². The maximum atomic E-state index is 12.7. The van der Waals surface area contributed by atoms with Gasteiger partial charge in [0.1, 0.15) is 11.6 Å². The van der Waals surface area contributed by atoms with Crippen molar-refractivity contribution in [1.82, 2.24) is 19.3 Å². The molecule has 3 rings (SSSR count). The van der Waals surface area contributed by atoms with Crippen molar-refractivity contribution in [3.63, 3.8) is 0 Å². The van der Waals surface area contributed by atoms with Crippen molar-refractivity contribution in [2.24, 2.45) is 0 Å². The number of fused-ring (bicyclic) bond motifs is 1. The maximum absolute atomic E-state index is 12.7. The van der Waals surface area contributed by atoms with E-state index >= 15 is 0 Å². The standard InChI is InChI=1S/C22H26N6O/c1-6-7-27-15(4)8-17(16(27)5)9-18(11-23)22(29)26-20-10-19-12-25-28(14(2)3)21(19)24-13-20/h8-10,12-14H,6-7H2,1-5H3,(H,26,29)/b18-9+. The highest BCUT2D eigenvalue weighted by Gasteiger charge is 2.14. The average Bonchev–Trinajstić information content (AvgIpc) is 3.22. The van der Waals surface area contributed by atoms with Crippen LogP contribution >= 0.6 is 0 Å². The smallest absolute Gasteiger partial charge is 0.266 e. The van der Waals surface area contributed by atoms with Crippen LogP contribution in [0.2, 0.25) is 0 Å². The molecule has 0 unspecified atom stereocenters. The first-order chi connectivity index (χ1) is 13.8. The normalized spacial score (nSPS) is 11.8. The first-order valence-corrected chi connectivity index (χ1v) is 9.78. The van der Waals surface area contributed by atoms with Crippen molar-refractivity contribution in [2.45, 2.75) is 53.6 Å². The molecule has 0 aromatic carbocycles. The highest BCUT2D eigenvalue weighted by Crippen LogP contribution is 2.21. The Labute approximate surface area is 170 Å². The number of aryl methyl sites for hydroxylation is 1. The number of rotatable bonds is 6. The number of nitrogens with one attached hydrogen (secondary N) is 1. The summed E-state index contributed by atoms with van der Waals surface area (Å²) in [5.74, 6) is -0.454. The quantitative estimate of drug-likeness (QED) is 0.499. The molecule has 3 heterocycles. The van der Waals surface area contributed by atoms with Gasteiger partial charge < -0.3 is 9.88 Å². The Bertz CT molecular complexity index is 1130. The summed E-state index contributed by atoms with van der Waals surface area (Å²) in [7, 11) is 0. The summed E-state index contributed by atoms with van der Waals surface area (Å²) in [4.78, 5) is 17.1. The van der Waals surface area contributed by atoms with E-state index in [2.05, 4.69) is 26.9 Å². The molecular formula is C22H26N6O. The van der Waals surface area contributed by atoms with E-state index in [1.807, 2.05) is 50.6 Å². The van der Waals surface area contributed by atoms with Crippen LogP contribution in [0.3, 0.4) is 0 Å². The molecule has 7 heteroatoms. The van der Waals surface area contributed by atoms with E-state index in [1.54, 1.807) is 18.5 Å². The van der Waals surface area contributed by atoms with Gasteiger partial charge in [-0.25, -0.2) is 9.67 Å². The third-order valence-electron chi connectivity index (χ3n) is 4.91. The Morgan fingerprint density at radius 3 is 2.72 bits per heavy atom. The van der Waals surface area contributed by atoms with Crippen LogP contribution in [0.1, 0.15) is 50.2 Å². The van der Waals surface area contributed by atoms with Gasteiger partial charge >= 0.3 is 0 Å². The van der Waals surface area contributed by atoms with Gasteiger partial charge in [-0.05, 0) is 57.9 Å². The van der Waals surface area contributed by atoms with Gasteiger partial charge in [-0.15, -0.1) is 0 Å². The number of pyridine rings is 1. The topological polar surface area (TPSA) is 88.5 Å². The van der Waals surface area contributed by atoms with Crippen LogP contribution in [0, 0.1) is 25.2 Å². The van der Waals surface area contributed by atoms with E-state index in [0.717, 1.165) is 41.0 Å². The van der Waals surface area contributed by atoms with Gasteiger partial charge in [-0.3, -0.25) is 4.79 Å². The molecule has 0 aliphatic carbocycles. The molecule has 0 radical (unpaired) electrons. The predicted octanol–water partition coefficient (Wildman–Crippen LogP) is 4.39. The van der Waals surface area contributed by atoms with E-state index < -0.39 is 5.91 Å². The molecule has 0 fully saturated rings. The molecular weight excluding hydrogens is 364 g/mol. The van der Waals surface area contributed by atoms with Gasteiger partial charge in [0.25, 0.3) is 5.91 Å². The molecule has 0 saturated carbocycles. The van der Waals surface area contributed by atoms with Crippen LogP contribution in [0.25, 0.3) is 17.1 Å². The number of nitriles is 1. The molecule has 1 N–H and O–H groups in total. The number of aromatic nitrogens is 4. The SMILES string of the molecule is CCCn1c(C)cc(/C=C(\C#N)C(=O)Nc2cnc3c(cnn3C(C)C)c2)c1C. The minimum Gasteiger partial charge on any atom is -0.349 e. The summed E-state index contributed by atoms with van der Waals surface area (Å²) in [6, 6.07) is 6.03. The summed E-state index contributed by atoms with van der Waals surface area (Å²) in [6.45, 7) is 11.1. The van der Waals surface area contributed by atoms with Crippen molar-refractivity contribution in [1.29, 1.82) is 5.26 Å². The zero-order chi connectivity index (χ0) is 21.1. The second kappa shape index (κ2) is 8.31. The lowest BCUT2D eigenvalue weighted by atomic mass is 10.1. The Morgan fingerprint density at radius 2 is 2.07 bits per heavy atom. The second-order valence-electron chi connectivity index (χ2n) is 7.42. The Balaban J connectivity index is 1.85. The second-order valence-corrected chi connectivity index (χ2v) is 7.42. The van der Waals surface area contributed by atoms with Crippen LogP contribution in [0.5, 0.6) is 0 Å². The van der Waals surface area contributed by atoms with Crippen LogP contribution in [-0.4, -0.2) is 25.2 Å². The first-order valence-electron chi connectivity index (χ1n) is 9.78. The van der Waals surface area contributed by atoms with Crippen molar-refractivity contribution >= 4 is 28.7 Å². The number of anilines is 1. The van der Waals surface area contributed by atoms with Crippen LogP contribution in [0.4, 0.5) is 5.69 Å². The van der Waals surface area contributed by atoms with Gasteiger partial charge in [0.05, 0.1) is 18.1 Å². The fraction of sp³-hybridized carbons (Fsp3) is 0.364. The van der Waals surface area contributed by atoms with Crippen molar-refractivity contribution in [3.8, 4) is 6.07 Å². The largest absolute Gasteiger partial charge is 0.349 e. The molecule has 0 aliphatic rings. The van der Waals surface area contributed by atoms with Crippen LogP contribution in [0.15, 0.2) is 30.1 Å². The van der Waals surface area contributed by atoms with Gasteiger partial charge in [0.2, 0.25) is 0 Å². The van der Waals surface area contributed by atoms with Crippen molar-refractivity contribution in [2.75, 3.05) is 5.32 Å². The lowest BCUT2D eigenvalue weighted by Gasteiger charge is -2.08. The van der Waals surface area contributed by atoms with Crippen molar-refractivity contribution in [3.05, 3.63) is 47.1 Å². The van der Waals surface area contributed by atoms with Gasteiger partial charge in [-0.1, -0.05) is 6.92 Å². The predicted molar refractivity (Wildman–Crippen MR) is 114 cm³/mol. The highest BCUT2D eigenvalue weighted by atomic mass is 16.1. The Hall–Kier alpha value is -3.40. The summed E-state index contributed by atoms with van der Waals surface area (Å²) in [5, 5.41) is 17.5. The number of hydrogen-bond donors (Lipinski definition) is 1. The molecule has 0 atom stereocenters. The first kappa shape index (κ1) is 20.3. The third kappa shape index (κ3) is 4.06. The lowest BCUT2D eigenvalue weighted by molar-refractivity contribution is -0.112. The summed E-state index contributed by atoms with van der Waals surface area (Å²) in [5.41, 5.74) is 4.40. The number of amides is 1. The highest BCUT2D eigenvalue weighted by molar-refractivity contribution is 6.10. The van der Waals surface area contributed by atoms with E-state index in [1.165, 1.54) is 0 Å². The summed E-state index contributed by atoms with van der Waals surface area (Å²) in [6.07, 6.45) is 5.98. The number of nitrogens with zero attached hydrogens (tertiary/aromatic N) is 5. The van der Waals surface area contributed by atoms with Crippen molar-refractivity contribution < 1.29 is 4.79 Å². The molecule has 7 nitrogen and oxygen atoms in total. The molecule has 1 amide bonds. The van der Waals surface area contributed by atoms with Gasteiger partial charge in [-0.2, -0.15) is 10.4 Å². The van der Waals surface area contributed by atoms with Gasteiger partial charge in [0.15, 0.2) is 5.65 Å².